The van der Waals surface area contributed by atoms with Crippen molar-refractivity contribution in [2.75, 3.05) is 27.2 Å². The molecule has 0 aromatic heterocycles. The van der Waals surface area contributed by atoms with Crippen LogP contribution in [0.25, 0.3) is 0 Å². The highest BCUT2D eigenvalue weighted by atomic mass is 16.3. The summed E-state index contributed by atoms with van der Waals surface area (Å²) in [6.07, 6.45) is 4.45. The number of Topliss-reactive ketones (excluding diaryl/α,β-unsaturated/α-hetero) is 2. The summed E-state index contributed by atoms with van der Waals surface area (Å²) in [4.78, 5) is 43.9. The first-order valence-electron chi connectivity index (χ1n) is 15.5. The minimum absolute atomic E-state index is 0.0381. The zero-order valence-corrected chi connectivity index (χ0v) is 26.2. The van der Waals surface area contributed by atoms with E-state index < -0.39 is 58.0 Å². The third-order valence-electron chi connectivity index (χ3n) is 9.51. The molecule has 10 heteroatoms. The molecular weight excluding hydrogens is 550 g/mol. The predicted molar refractivity (Wildman–Crippen MR) is 163 cm³/mol. The van der Waals surface area contributed by atoms with Gasteiger partial charge in [-0.2, -0.15) is 0 Å². The van der Waals surface area contributed by atoms with Crippen LogP contribution in [0.15, 0.2) is 28.7 Å². The summed E-state index contributed by atoms with van der Waals surface area (Å²) in [7, 11) is 3.24. The van der Waals surface area contributed by atoms with E-state index in [1.165, 1.54) is 0 Å². The lowest BCUT2D eigenvalue weighted by molar-refractivity contribution is -0.148. The van der Waals surface area contributed by atoms with E-state index in [9.17, 15) is 34.8 Å². The highest BCUT2D eigenvalue weighted by Crippen LogP contribution is 2.53. The van der Waals surface area contributed by atoms with Crippen molar-refractivity contribution in [3.8, 4) is 5.75 Å². The normalized spacial score (nSPS) is 25.5. The molecule has 0 bridgehead atoms. The Morgan fingerprint density at radius 2 is 1.70 bits per heavy atom. The van der Waals surface area contributed by atoms with Crippen molar-refractivity contribution in [3.05, 3.63) is 51.0 Å². The van der Waals surface area contributed by atoms with Crippen LogP contribution in [0.4, 0.5) is 0 Å². The third-order valence-corrected chi connectivity index (χ3v) is 9.51. The maximum Gasteiger partial charge on any atom is 0.255 e. The number of hydrogen-bond donors (Lipinski definition) is 5. The number of rotatable bonds is 11. The van der Waals surface area contributed by atoms with Gasteiger partial charge in [-0.25, -0.2) is 0 Å². The van der Waals surface area contributed by atoms with Crippen molar-refractivity contribution < 1.29 is 34.8 Å². The molecule has 0 saturated carbocycles. The number of nitrogens with zero attached hydrogens (tertiary/aromatic N) is 2. The summed E-state index contributed by atoms with van der Waals surface area (Å²) in [6, 6.07) is 0.980. The van der Waals surface area contributed by atoms with E-state index in [4.69, 9.17) is 5.73 Å². The zero-order chi connectivity index (χ0) is 32.0. The number of phenolic OH excluding ortho intramolecular Hbond substituents is 1. The summed E-state index contributed by atoms with van der Waals surface area (Å²) < 4.78 is 0. The Labute approximate surface area is 253 Å². The minimum atomic E-state index is -2.64. The molecule has 0 aliphatic heterocycles. The van der Waals surface area contributed by atoms with Crippen molar-refractivity contribution in [1.82, 2.24) is 9.80 Å². The van der Waals surface area contributed by atoms with Crippen LogP contribution in [0.5, 0.6) is 5.75 Å². The summed E-state index contributed by atoms with van der Waals surface area (Å²) in [5, 5.41) is 46.1. The van der Waals surface area contributed by atoms with Gasteiger partial charge in [-0.3, -0.25) is 24.2 Å². The number of phenols is 1. The Hall–Kier alpha value is -3.21. The van der Waals surface area contributed by atoms with Crippen LogP contribution in [0.3, 0.4) is 0 Å². The van der Waals surface area contributed by atoms with Crippen LogP contribution < -0.4 is 5.73 Å². The smallest absolute Gasteiger partial charge is 0.255 e. The summed E-state index contributed by atoms with van der Waals surface area (Å²) >= 11 is 0. The third kappa shape index (κ3) is 5.38. The molecule has 1 amide bonds. The molecule has 43 heavy (non-hydrogen) atoms. The van der Waals surface area contributed by atoms with Gasteiger partial charge in [0.1, 0.15) is 22.8 Å². The number of fused-ring (bicyclic) bond motifs is 3. The molecule has 4 atom stereocenters. The van der Waals surface area contributed by atoms with Crippen LogP contribution in [0.2, 0.25) is 0 Å². The topological polar surface area (TPSA) is 165 Å². The first-order valence-corrected chi connectivity index (χ1v) is 15.5. The van der Waals surface area contributed by atoms with Crippen molar-refractivity contribution in [1.29, 1.82) is 0 Å². The van der Waals surface area contributed by atoms with Gasteiger partial charge in [0.25, 0.3) is 5.91 Å². The molecule has 6 N–H and O–H groups in total. The van der Waals surface area contributed by atoms with Gasteiger partial charge in [0.2, 0.25) is 5.78 Å². The van der Waals surface area contributed by atoms with Crippen molar-refractivity contribution in [2.45, 2.75) is 90.3 Å². The molecule has 236 valence electrons. The van der Waals surface area contributed by atoms with Crippen molar-refractivity contribution >= 4 is 17.5 Å². The van der Waals surface area contributed by atoms with Gasteiger partial charge in [0.15, 0.2) is 11.4 Å². The number of ketones is 2. The highest BCUT2D eigenvalue weighted by Gasteiger charge is 2.63. The minimum Gasteiger partial charge on any atom is -0.510 e. The molecule has 0 heterocycles. The number of allylic oxidation sites excluding steroid dienone is 1. The number of aliphatic hydroxyl groups excluding tert-OH is 2. The number of hydrogen-bond acceptors (Lipinski definition) is 9. The van der Waals surface area contributed by atoms with Crippen LogP contribution in [-0.2, 0) is 22.6 Å². The number of unbranched alkanes of at least 4 members (excludes halogenated alkanes) is 2. The van der Waals surface area contributed by atoms with E-state index in [1.807, 2.05) is 19.9 Å². The van der Waals surface area contributed by atoms with Gasteiger partial charge < -0.3 is 26.2 Å². The number of benzene rings is 1. The number of carbonyl (C=O) groups is 3. The Bertz CT molecular complexity index is 1370. The Morgan fingerprint density at radius 1 is 1.09 bits per heavy atom. The fourth-order valence-electron chi connectivity index (χ4n) is 7.32. The van der Waals surface area contributed by atoms with E-state index >= 15 is 0 Å². The lowest BCUT2D eigenvalue weighted by Gasteiger charge is -2.50. The molecule has 0 radical (unpaired) electrons. The maximum atomic E-state index is 14.3. The standard InChI is InChI=1S/C33H47N3O7/c1-7-9-11-36(12-10-8-2)16-19-14-20(17(3)4)21-13-18-15-22-26(35(5)6)29(39)25(32(34)42)31(41)33(22,43)30(40)23(18)28(38)24(21)27(19)37/h14,17-18,22,26,37,39-40,43H,7-13,15-16H2,1-6H3,(H2,34,42)/t18-,22-,26?,33-/m0/s1. The van der Waals surface area contributed by atoms with Crippen LogP contribution in [-0.4, -0.2) is 86.5 Å². The van der Waals surface area contributed by atoms with Gasteiger partial charge >= 0.3 is 0 Å². The average molecular weight is 598 g/mol. The SMILES string of the molecule is CCCCN(CCCC)Cc1cc(C(C)C)c2c(c1O)C(=O)C1=C(O)[C@]3(O)C(=O)C(C(N)=O)=C(O)C(N(C)C)[C@@H]3C[C@@H]1C2. The van der Waals surface area contributed by atoms with E-state index in [0.717, 1.165) is 44.3 Å². The fraction of sp³-hybridized carbons (Fsp3) is 0.606. The Balaban J connectivity index is 1.88. The maximum absolute atomic E-state index is 14.3. The number of amides is 1. The molecule has 1 aromatic rings. The van der Waals surface area contributed by atoms with Crippen molar-refractivity contribution in [3.63, 3.8) is 0 Å². The van der Waals surface area contributed by atoms with Crippen LogP contribution >= 0.6 is 0 Å². The van der Waals surface area contributed by atoms with E-state index in [2.05, 4.69) is 18.7 Å². The second kappa shape index (κ2) is 12.4. The summed E-state index contributed by atoms with van der Waals surface area (Å²) in [5.41, 5.74) is 4.20. The van der Waals surface area contributed by atoms with E-state index in [1.54, 1.807) is 19.0 Å². The quantitative estimate of drug-likeness (QED) is 0.240. The molecule has 3 aliphatic rings. The molecule has 4 rings (SSSR count). The molecule has 3 aliphatic carbocycles. The lowest BCUT2D eigenvalue weighted by Crippen LogP contribution is -2.63. The zero-order valence-electron chi connectivity index (χ0n) is 26.2. The molecular formula is C33H47N3O7. The van der Waals surface area contributed by atoms with Gasteiger partial charge in [0.05, 0.1) is 11.6 Å². The van der Waals surface area contributed by atoms with Crippen LogP contribution in [0, 0.1) is 11.8 Å². The number of likely N-dealkylation sites (N-methyl/N-ethyl adjacent to an activating group) is 1. The lowest BCUT2D eigenvalue weighted by atomic mass is 9.58. The summed E-state index contributed by atoms with van der Waals surface area (Å²) in [6.45, 7) is 10.5. The van der Waals surface area contributed by atoms with Crippen molar-refractivity contribution in [2.24, 2.45) is 17.6 Å². The van der Waals surface area contributed by atoms with E-state index in [0.29, 0.717) is 24.1 Å². The van der Waals surface area contributed by atoms with E-state index in [-0.39, 0.29) is 29.2 Å². The Kier molecular flexibility index (Phi) is 9.44. The number of aliphatic hydroxyl groups is 3. The highest BCUT2D eigenvalue weighted by molar-refractivity contribution is 6.24. The molecule has 1 unspecified atom stereocenters. The van der Waals surface area contributed by atoms with Gasteiger partial charge in [-0.1, -0.05) is 46.6 Å². The first-order chi connectivity index (χ1) is 20.2. The molecule has 0 spiro atoms. The second-order valence-electron chi connectivity index (χ2n) is 12.9. The average Bonchev–Trinajstić information content (AvgIpc) is 2.92. The van der Waals surface area contributed by atoms with Crippen LogP contribution in [0.1, 0.15) is 92.8 Å². The predicted octanol–water partition coefficient (Wildman–Crippen LogP) is 3.65. The summed E-state index contributed by atoms with van der Waals surface area (Å²) in [5.74, 6) is -6.25. The fourth-order valence-corrected chi connectivity index (χ4v) is 7.32. The second-order valence-corrected chi connectivity index (χ2v) is 12.9. The van der Waals surface area contributed by atoms with Gasteiger partial charge in [-0.05, 0) is 75.8 Å². The molecule has 0 fully saturated rings. The monoisotopic (exact) mass is 597 g/mol. The number of primary amides is 1. The molecule has 0 saturated heterocycles. The Morgan fingerprint density at radius 3 is 2.21 bits per heavy atom. The number of nitrogens with two attached hydrogens (primary N) is 1. The molecule has 1 aromatic carbocycles. The first kappa shape index (κ1) is 32.7. The molecule has 10 nitrogen and oxygen atoms in total. The number of carbonyl (C=O) groups excluding carboxylic acids is 3. The van der Waals surface area contributed by atoms with Gasteiger partial charge in [0, 0.05) is 23.6 Å². The number of aromatic hydroxyl groups is 1. The van der Waals surface area contributed by atoms with Gasteiger partial charge in [-0.15, -0.1) is 0 Å². The largest absolute Gasteiger partial charge is 0.510 e.